The highest BCUT2D eigenvalue weighted by atomic mass is 35.5. The first-order valence-electron chi connectivity index (χ1n) is 11.8. The monoisotopic (exact) mass is 510 g/mol. The van der Waals surface area contributed by atoms with Crippen LogP contribution < -0.4 is 5.32 Å². The first-order valence-corrected chi connectivity index (χ1v) is 12.6. The van der Waals surface area contributed by atoms with Crippen molar-refractivity contribution in [2.75, 3.05) is 6.54 Å². The van der Waals surface area contributed by atoms with Crippen molar-refractivity contribution in [3.05, 3.63) is 105 Å². The molecule has 1 N–H and O–H groups in total. The zero-order valence-electron chi connectivity index (χ0n) is 20.4. The second kappa shape index (κ2) is 12.8. The lowest BCUT2D eigenvalue weighted by molar-refractivity contribution is -0.140. The molecule has 0 radical (unpaired) electrons. The van der Waals surface area contributed by atoms with E-state index < -0.39 is 6.04 Å². The van der Waals surface area contributed by atoms with Crippen molar-refractivity contribution in [1.82, 2.24) is 10.2 Å². The minimum Gasteiger partial charge on any atom is -0.354 e. The van der Waals surface area contributed by atoms with Gasteiger partial charge in [0.25, 0.3) is 0 Å². The lowest BCUT2D eigenvalue weighted by Gasteiger charge is -2.32. The van der Waals surface area contributed by atoms with Gasteiger partial charge in [0, 0.05) is 29.6 Å². The van der Waals surface area contributed by atoms with E-state index in [-0.39, 0.29) is 18.2 Å². The fourth-order valence-corrected chi connectivity index (χ4v) is 4.39. The number of aryl methyl sites for hydroxylation is 1. The molecular formula is C29H32Cl2N2O2. The van der Waals surface area contributed by atoms with Crippen LogP contribution in [-0.2, 0) is 29.0 Å². The molecular weight excluding hydrogens is 479 g/mol. The molecule has 0 aliphatic heterocycles. The van der Waals surface area contributed by atoms with Gasteiger partial charge in [0.2, 0.25) is 11.8 Å². The van der Waals surface area contributed by atoms with Crippen LogP contribution in [0.4, 0.5) is 0 Å². The Labute approximate surface area is 218 Å². The molecule has 1 atom stereocenters. The van der Waals surface area contributed by atoms with Gasteiger partial charge in [-0.25, -0.2) is 0 Å². The van der Waals surface area contributed by atoms with Crippen LogP contribution in [-0.4, -0.2) is 29.3 Å². The van der Waals surface area contributed by atoms with E-state index in [1.165, 1.54) is 0 Å². The second-order valence-corrected chi connectivity index (χ2v) is 10.1. The molecule has 0 aliphatic rings. The topological polar surface area (TPSA) is 49.4 Å². The van der Waals surface area contributed by atoms with Gasteiger partial charge in [-0.1, -0.05) is 103 Å². The van der Waals surface area contributed by atoms with Crippen molar-refractivity contribution in [2.45, 2.75) is 46.2 Å². The van der Waals surface area contributed by atoms with Gasteiger partial charge in [-0.2, -0.15) is 0 Å². The number of halogens is 2. The molecule has 0 bridgehead atoms. The summed E-state index contributed by atoms with van der Waals surface area (Å²) in [6.45, 7) is 6.97. The van der Waals surface area contributed by atoms with E-state index >= 15 is 0 Å². The first-order chi connectivity index (χ1) is 16.7. The Kier molecular flexibility index (Phi) is 9.76. The van der Waals surface area contributed by atoms with Gasteiger partial charge >= 0.3 is 0 Å². The Morgan fingerprint density at radius 2 is 1.63 bits per heavy atom. The predicted octanol–water partition coefficient (Wildman–Crippen LogP) is 6.26. The molecule has 6 heteroatoms. The molecule has 0 fully saturated rings. The number of hydrogen-bond acceptors (Lipinski definition) is 2. The van der Waals surface area contributed by atoms with Gasteiger partial charge in [-0.15, -0.1) is 0 Å². The van der Waals surface area contributed by atoms with Crippen LogP contribution in [0.2, 0.25) is 10.0 Å². The van der Waals surface area contributed by atoms with Gasteiger partial charge in [0.15, 0.2) is 0 Å². The van der Waals surface area contributed by atoms with E-state index in [0.29, 0.717) is 41.0 Å². The third-order valence-corrected chi connectivity index (χ3v) is 6.33. The molecule has 184 valence electrons. The Hall–Kier alpha value is -2.82. The standard InChI is InChI=1S/C29H32Cl2N2O2/c1-20(2)18-32-29(35)27(15-22-9-5-4-6-10-22)33(19-23-11-7-8-21(3)14-23)28(34)16-24-12-13-25(30)17-26(24)31/h4-14,17,20,27H,15-16,18-19H2,1-3H3,(H,32,35). The highest BCUT2D eigenvalue weighted by molar-refractivity contribution is 6.35. The molecule has 0 aromatic heterocycles. The number of amides is 2. The molecule has 35 heavy (non-hydrogen) atoms. The first kappa shape index (κ1) is 26.8. The zero-order valence-corrected chi connectivity index (χ0v) is 21.9. The van der Waals surface area contributed by atoms with Gasteiger partial charge in [0.05, 0.1) is 6.42 Å². The van der Waals surface area contributed by atoms with Crippen molar-refractivity contribution in [2.24, 2.45) is 5.92 Å². The predicted molar refractivity (Wildman–Crippen MR) is 144 cm³/mol. The quantitative estimate of drug-likeness (QED) is 0.350. The number of carbonyl (C=O) groups excluding carboxylic acids is 2. The van der Waals surface area contributed by atoms with Crippen molar-refractivity contribution >= 4 is 35.0 Å². The SMILES string of the molecule is Cc1cccc(CN(C(=O)Cc2ccc(Cl)cc2Cl)C(Cc2ccccc2)C(=O)NCC(C)C)c1. The largest absolute Gasteiger partial charge is 0.354 e. The van der Waals surface area contributed by atoms with Crippen LogP contribution >= 0.6 is 23.2 Å². The second-order valence-electron chi connectivity index (χ2n) is 9.27. The van der Waals surface area contributed by atoms with E-state index in [4.69, 9.17) is 23.2 Å². The van der Waals surface area contributed by atoms with E-state index in [0.717, 1.165) is 16.7 Å². The van der Waals surface area contributed by atoms with Crippen LogP contribution in [0.25, 0.3) is 0 Å². The summed E-state index contributed by atoms with van der Waals surface area (Å²) in [5.74, 6) is -0.0350. The van der Waals surface area contributed by atoms with Crippen molar-refractivity contribution < 1.29 is 9.59 Å². The molecule has 0 spiro atoms. The summed E-state index contributed by atoms with van der Waals surface area (Å²) >= 11 is 12.4. The van der Waals surface area contributed by atoms with Gasteiger partial charge < -0.3 is 10.2 Å². The van der Waals surface area contributed by atoms with Crippen LogP contribution in [0.15, 0.2) is 72.8 Å². The summed E-state index contributed by atoms with van der Waals surface area (Å²) in [6, 6.07) is 22.2. The Balaban J connectivity index is 1.97. The van der Waals surface area contributed by atoms with Crippen molar-refractivity contribution in [3.63, 3.8) is 0 Å². The highest BCUT2D eigenvalue weighted by Gasteiger charge is 2.30. The summed E-state index contributed by atoms with van der Waals surface area (Å²) in [5, 5.41) is 3.99. The minimum atomic E-state index is -0.671. The molecule has 3 aromatic rings. The summed E-state index contributed by atoms with van der Waals surface area (Å²) in [6.07, 6.45) is 0.487. The summed E-state index contributed by atoms with van der Waals surface area (Å²) in [7, 11) is 0. The summed E-state index contributed by atoms with van der Waals surface area (Å²) in [5.41, 5.74) is 3.73. The number of nitrogens with zero attached hydrogens (tertiary/aromatic N) is 1. The molecule has 3 rings (SSSR count). The normalized spacial score (nSPS) is 11.8. The van der Waals surface area contributed by atoms with Crippen LogP contribution in [0.5, 0.6) is 0 Å². The fraction of sp³-hybridized carbons (Fsp3) is 0.310. The molecule has 1 unspecified atom stereocenters. The zero-order chi connectivity index (χ0) is 25.4. The van der Waals surface area contributed by atoms with Gasteiger partial charge in [0.1, 0.15) is 6.04 Å². The number of carbonyl (C=O) groups is 2. The smallest absolute Gasteiger partial charge is 0.243 e. The summed E-state index contributed by atoms with van der Waals surface area (Å²) < 4.78 is 0. The van der Waals surface area contributed by atoms with E-state index in [1.807, 2.05) is 75.4 Å². The van der Waals surface area contributed by atoms with Crippen LogP contribution in [0.3, 0.4) is 0 Å². The molecule has 2 amide bonds. The average Bonchev–Trinajstić information content (AvgIpc) is 2.82. The Bertz CT molecular complexity index is 1150. The third-order valence-electron chi connectivity index (χ3n) is 5.75. The van der Waals surface area contributed by atoms with Gasteiger partial charge in [-0.3, -0.25) is 9.59 Å². The van der Waals surface area contributed by atoms with Crippen molar-refractivity contribution in [1.29, 1.82) is 0 Å². The molecule has 3 aromatic carbocycles. The minimum absolute atomic E-state index is 0.0740. The molecule has 0 aliphatic carbocycles. The molecule has 0 heterocycles. The number of rotatable bonds is 10. The van der Waals surface area contributed by atoms with Crippen molar-refractivity contribution in [3.8, 4) is 0 Å². The maximum Gasteiger partial charge on any atom is 0.243 e. The molecule has 0 saturated carbocycles. The Morgan fingerprint density at radius 1 is 0.914 bits per heavy atom. The van der Waals surface area contributed by atoms with E-state index in [1.54, 1.807) is 23.1 Å². The lowest BCUT2D eigenvalue weighted by Crippen LogP contribution is -2.51. The van der Waals surface area contributed by atoms with Crippen LogP contribution in [0.1, 0.15) is 36.1 Å². The number of nitrogens with one attached hydrogen (secondary N) is 1. The maximum absolute atomic E-state index is 13.8. The maximum atomic E-state index is 13.8. The highest BCUT2D eigenvalue weighted by Crippen LogP contribution is 2.23. The molecule has 0 saturated heterocycles. The van der Waals surface area contributed by atoms with E-state index in [9.17, 15) is 9.59 Å². The number of benzene rings is 3. The lowest BCUT2D eigenvalue weighted by atomic mass is 10.0. The Morgan fingerprint density at radius 3 is 2.29 bits per heavy atom. The molecule has 4 nitrogen and oxygen atoms in total. The van der Waals surface area contributed by atoms with E-state index in [2.05, 4.69) is 5.32 Å². The number of hydrogen-bond donors (Lipinski definition) is 1. The fourth-order valence-electron chi connectivity index (χ4n) is 3.91. The summed E-state index contributed by atoms with van der Waals surface area (Å²) in [4.78, 5) is 28.9. The van der Waals surface area contributed by atoms with Crippen LogP contribution in [0, 0.1) is 12.8 Å². The third kappa shape index (κ3) is 8.12. The van der Waals surface area contributed by atoms with Gasteiger partial charge in [-0.05, 0) is 41.7 Å². The average molecular weight is 511 g/mol.